The lowest BCUT2D eigenvalue weighted by atomic mass is 10.00. The number of hydrogen-bond donors (Lipinski definition) is 0. The smallest absolute Gasteiger partial charge is 0.0885 e. The van der Waals surface area contributed by atoms with Crippen molar-refractivity contribution < 1.29 is 4.74 Å². The lowest BCUT2D eigenvalue weighted by molar-refractivity contribution is 0.0459. The molecule has 1 aliphatic heterocycles. The van der Waals surface area contributed by atoms with E-state index in [2.05, 4.69) is 44.7 Å². The van der Waals surface area contributed by atoms with Crippen LogP contribution in [-0.4, -0.2) is 35.0 Å². The highest BCUT2D eigenvalue weighted by atomic mass is 35.5. The van der Waals surface area contributed by atoms with Crippen molar-refractivity contribution in [3.8, 4) is 0 Å². The van der Waals surface area contributed by atoms with Crippen LogP contribution >= 0.6 is 11.6 Å². The van der Waals surface area contributed by atoms with Gasteiger partial charge in [-0.2, -0.15) is 0 Å². The summed E-state index contributed by atoms with van der Waals surface area (Å²) in [5, 5.41) is 0.0705. The summed E-state index contributed by atoms with van der Waals surface area (Å²) in [7, 11) is 0. The summed E-state index contributed by atoms with van der Waals surface area (Å²) >= 11 is 6.68. The maximum Gasteiger partial charge on any atom is 0.0885 e. The Bertz CT molecular complexity index is 407. The van der Waals surface area contributed by atoms with Crippen molar-refractivity contribution in [2.45, 2.75) is 57.9 Å². The zero-order chi connectivity index (χ0) is 14.7. The molecule has 0 aromatic heterocycles. The molecule has 0 N–H and O–H groups in total. The van der Waals surface area contributed by atoms with Gasteiger partial charge in [-0.15, -0.1) is 11.6 Å². The Morgan fingerprint density at radius 2 is 1.85 bits per heavy atom. The van der Waals surface area contributed by atoms with Gasteiger partial charge in [0.25, 0.3) is 0 Å². The van der Waals surface area contributed by atoms with Crippen molar-refractivity contribution >= 4 is 11.6 Å². The Morgan fingerprint density at radius 3 is 2.35 bits per heavy atom. The van der Waals surface area contributed by atoms with E-state index in [0.717, 1.165) is 6.54 Å². The molecular weight excluding hydrogens is 270 g/mol. The fourth-order valence-corrected chi connectivity index (χ4v) is 3.65. The van der Waals surface area contributed by atoms with Gasteiger partial charge in [0.2, 0.25) is 0 Å². The largest absolute Gasteiger partial charge is 0.371 e. The van der Waals surface area contributed by atoms with Crippen LogP contribution in [0.15, 0.2) is 30.3 Å². The number of alkyl halides is 1. The molecular formula is C17H26ClNO. The lowest BCUT2D eigenvalue weighted by Crippen LogP contribution is -2.41. The van der Waals surface area contributed by atoms with E-state index in [9.17, 15) is 0 Å². The summed E-state index contributed by atoms with van der Waals surface area (Å²) in [5.41, 5.74) is 1.21. The zero-order valence-corrected chi connectivity index (χ0v) is 13.7. The molecule has 2 rings (SSSR count). The van der Waals surface area contributed by atoms with Crippen molar-refractivity contribution in [3.63, 3.8) is 0 Å². The minimum Gasteiger partial charge on any atom is -0.371 e. The highest BCUT2D eigenvalue weighted by Gasteiger charge is 2.43. The van der Waals surface area contributed by atoms with Gasteiger partial charge in [0.15, 0.2) is 0 Å². The lowest BCUT2D eigenvalue weighted by Gasteiger charge is -2.31. The molecule has 3 heteroatoms. The van der Waals surface area contributed by atoms with Gasteiger partial charge in [-0.05, 0) is 25.3 Å². The van der Waals surface area contributed by atoms with Crippen molar-refractivity contribution in [1.82, 2.24) is 4.90 Å². The molecule has 0 saturated carbocycles. The number of ether oxygens (including phenoxy) is 1. The fraction of sp³-hybridized carbons (Fsp3) is 0.647. The fourth-order valence-electron chi connectivity index (χ4n) is 3.06. The normalized spacial score (nSPS) is 27.6. The van der Waals surface area contributed by atoms with E-state index in [-0.39, 0.29) is 11.5 Å². The van der Waals surface area contributed by atoms with Gasteiger partial charge in [0, 0.05) is 18.6 Å². The van der Waals surface area contributed by atoms with E-state index in [0.29, 0.717) is 24.6 Å². The van der Waals surface area contributed by atoms with Crippen molar-refractivity contribution in [1.29, 1.82) is 0 Å². The minimum atomic E-state index is 0.0705. The molecule has 0 aliphatic carbocycles. The Morgan fingerprint density at radius 1 is 1.20 bits per heavy atom. The van der Waals surface area contributed by atoms with Crippen LogP contribution in [0.4, 0.5) is 0 Å². The standard InChI is InChI=1S/C17H26ClNO/c1-12(2)17-16(18)15(10-19(17)13(3)4)20-11-14-8-6-5-7-9-14/h5-9,12-13,15-17H,10-11H2,1-4H3/t15-,16-,17-/m1/s1. The monoisotopic (exact) mass is 295 g/mol. The second-order valence-electron chi connectivity index (χ2n) is 6.30. The molecule has 3 atom stereocenters. The average molecular weight is 296 g/mol. The Kier molecular flexibility index (Phi) is 5.48. The zero-order valence-electron chi connectivity index (χ0n) is 12.9. The molecule has 112 valence electrons. The third-order valence-corrected chi connectivity index (χ3v) is 4.65. The molecule has 0 radical (unpaired) electrons. The summed E-state index contributed by atoms with van der Waals surface area (Å²) in [6.07, 6.45) is 0.117. The second-order valence-corrected chi connectivity index (χ2v) is 6.81. The number of likely N-dealkylation sites (tertiary alicyclic amines) is 1. The van der Waals surface area contributed by atoms with Gasteiger partial charge in [0.05, 0.1) is 18.1 Å². The molecule has 1 heterocycles. The van der Waals surface area contributed by atoms with E-state index in [4.69, 9.17) is 16.3 Å². The highest BCUT2D eigenvalue weighted by molar-refractivity contribution is 6.21. The predicted octanol–water partition coefficient (Wildman–Crippen LogP) is 3.93. The van der Waals surface area contributed by atoms with Gasteiger partial charge in [0.1, 0.15) is 0 Å². The maximum atomic E-state index is 6.68. The molecule has 2 nitrogen and oxygen atoms in total. The molecule has 1 fully saturated rings. The molecule has 20 heavy (non-hydrogen) atoms. The number of nitrogens with zero attached hydrogens (tertiary/aromatic N) is 1. The third kappa shape index (κ3) is 3.55. The highest BCUT2D eigenvalue weighted by Crippen LogP contribution is 2.32. The quantitative estimate of drug-likeness (QED) is 0.763. The van der Waals surface area contributed by atoms with Crippen LogP contribution in [0, 0.1) is 5.92 Å². The summed E-state index contributed by atoms with van der Waals surface area (Å²) in [6, 6.07) is 11.2. The first kappa shape index (κ1) is 15.8. The van der Waals surface area contributed by atoms with Gasteiger partial charge in [-0.3, -0.25) is 4.90 Å². The molecule has 1 aromatic rings. The minimum absolute atomic E-state index is 0.0705. The summed E-state index contributed by atoms with van der Waals surface area (Å²) in [4.78, 5) is 2.48. The van der Waals surface area contributed by atoms with E-state index in [1.54, 1.807) is 0 Å². The first-order valence-electron chi connectivity index (χ1n) is 7.56. The van der Waals surface area contributed by atoms with E-state index in [1.807, 2.05) is 18.2 Å². The number of benzene rings is 1. The van der Waals surface area contributed by atoms with Crippen LogP contribution in [-0.2, 0) is 11.3 Å². The molecule has 1 aromatic carbocycles. The number of halogens is 1. The summed E-state index contributed by atoms with van der Waals surface area (Å²) < 4.78 is 6.09. The molecule has 1 saturated heterocycles. The Labute approximate surface area is 128 Å². The molecule has 0 unspecified atom stereocenters. The van der Waals surface area contributed by atoms with Crippen LogP contribution in [0.2, 0.25) is 0 Å². The average Bonchev–Trinajstić information content (AvgIpc) is 2.75. The van der Waals surface area contributed by atoms with Crippen LogP contribution in [0.25, 0.3) is 0 Å². The molecule has 1 aliphatic rings. The van der Waals surface area contributed by atoms with Gasteiger partial charge in [-0.25, -0.2) is 0 Å². The predicted molar refractivity (Wildman–Crippen MR) is 85.1 cm³/mol. The van der Waals surface area contributed by atoms with Crippen LogP contribution < -0.4 is 0 Å². The number of hydrogen-bond acceptors (Lipinski definition) is 2. The molecule has 0 spiro atoms. The van der Waals surface area contributed by atoms with Gasteiger partial charge < -0.3 is 4.74 Å². The third-order valence-electron chi connectivity index (χ3n) is 4.11. The molecule has 0 bridgehead atoms. The summed E-state index contributed by atoms with van der Waals surface area (Å²) in [6.45, 7) is 10.5. The first-order valence-corrected chi connectivity index (χ1v) is 7.99. The van der Waals surface area contributed by atoms with Gasteiger partial charge in [-0.1, -0.05) is 44.2 Å². The van der Waals surface area contributed by atoms with Gasteiger partial charge >= 0.3 is 0 Å². The first-order chi connectivity index (χ1) is 9.50. The maximum absolute atomic E-state index is 6.68. The second kappa shape index (κ2) is 6.93. The van der Waals surface area contributed by atoms with E-state index >= 15 is 0 Å². The Hall–Kier alpha value is -0.570. The number of rotatable bonds is 5. The summed E-state index contributed by atoms with van der Waals surface area (Å²) in [5.74, 6) is 0.547. The SMILES string of the molecule is CC(C)[C@@H]1[C@H](Cl)[C@H](OCc2ccccc2)CN1C(C)C. The van der Waals surface area contributed by atoms with Crippen LogP contribution in [0.5, 0.6) is 0 Å². The molecule has 0 amide bonds. The van der Waals surface area contributed by atoms with Crippen molar-refractivity contribution in [2.75, 3.05) is 6.54 Å². The van der Waals surface area contributed by atoms with Crippen LogP contribution in [0.1, 0.15) is 33.3 Å². The van der Waals surface area contributed by atoms with Crippen molar-refractivity contribution in [2.24, 2.45) is 5.92 Å². The van der Waals surface area contributed by atoms with E-state index in [1.165, 1.54) is 5.56 Å². The van der Waals surface area contributed by atoms with Crippen LogP contribution in [0.3, 0.4) is 0 Å². The Balaban J connectivity index is 1.99. The topological polar surface area (TPSA) is 12.5 Å². The van der Waals surface area contributed by atoms with Crippen molar-refractivity contribution in [3.05, 3.63) is 35.9 Å². The van der Waals surface area contributed by atoms with E-state index < -0.39 is 0 Å².